The molecule has 4 nitrogen and oxygen atoms in total. The van der Waals surface area contributed by atoms with E-state index in [2.05, 4.69) is 50.4 Å². The summed E-state index contributed by atoms with van der Waals surface area (Å²) >= 11 is 0. The van der Waals surface area contributed by atoms with Crippen LogP contribution >= 0.6 is 0 Å². The van der Waals surface area contributed by atoms with Crippen LogP contribution in [0.1, 0.15) is 22.5 Å². The normalized spacial score (nSPS) is 12.0. The topological polar surface area (TPSA) is 42.2 Å². The molecule has 152 valence electrons. The van der Waals surface area contributed by atoms with Crippen LogP contribution in [0.5, 0.6) is 0 Å². The van der Waals surface area contributed by atoms with Gasteiger partial charge in [-0.3, -0.25) is 5.43 Å². The largest absolute Gasteiger partial charge is 0.417 e. The fraction of sp³-hybridized carbons (Fsp3) is 0.130. The monoisotopic (exact) mass is 408 g/mol. The average Bonchev–Trinajstić information content (AvgIpc) is 3.00. The van der Waals surface area contributed by atoms with Gasteiger partial charge in [0.1, 0.15) is 5.82 Å². The van der Waals surface area contributed by atoms with Gasteiger partial charge >= 0.3 is 6.18 Å². The van der Waals surface area contributed by atoms with E-state index in [-0.39, 0.29) is 5.82 Å². The number of anilines is 1. The molecule has 2 heterocycles. The molecule has 2 aromatic heterocycles. The first-order chi connectivity index (χ1) is 14.3. The van der Waals surface area contributed by atoms with Gasteiger partial charge in [-0.2, -0.15) is 18.3 Å². The van der Waals surface area contributed by atoms with Gasteiger partial charge < -0.3 is 4.57 Å². The van der Waals surface area contributed by atoms with E-state index in [9.17, 15) is 13.2 Å². The summed E-state index contributed by atoms with van der Waals surface area (Å²) in [4.78, 5) is 3.75. The molecule has 0 fully saturated rings. The lowest BCUT2D eigenvalue weighted by Crippen LogP contribution is -2.05. The van der Waals surface area contributed by atoms with Crippen molar-refractivity contribution in [3.05, 3.63) is 89.4 Å². The zero-order chi connectivity index (χ0) is 21.3. The molecule has 0 aliphatic rings. The minimum atomic E-state index is -4.41. The number of hydrogen-bond acceptors (Lipinski definition) is 3. The second kappa shape index (κ2) is 7.67. The van der Waals surface area contributed by atoms with Crippen molar-refractivity contribution >= 4 is 22.8 Å². The number of hydrazone groups is 1. The van der Waals surface area contributed by atoms with Crippen LogP contribution < -0.4 is 5.43 Å². The highest BCUT2D eigenvalue weighted by molar-refractivity contribution is 5.85. The lowest BCUT2D eigenvalue weighted by molar-refractivity contribution is -0.137. The number of aromatic nitrogens is 2. The van der Waals surface area contributed by atoms with E-state index in [1.165, 1.54) is 11.5 Å². The summed E-state index contributed by atoms with van der Waals surface area (Å²) in [6, 6.07) is 18.7. The number of benzene rings is 2. The smallest absolute Gasteiger partial charge is 0.318 e. The van der Waals surface area contributed by atoms with Gasteiger partial charge in [0.05, 0.1) is 11.8 Å². The Morgan fingerprint density at radius 2 is 1.73 bits per heavy atom. The molecule has 0 aliphatic heterocycles. The number of nitrogens with one attached hydrogen (secondary N) is 1. The summed E-state index contributed by atoms with van der Waals surface area (Å²) in [6.45, 7) is 4.02. The number of fused-ring (bicyclic) bond motifs is 1. The number of pyridine rings is 1. The number of hydrogen-bond donors (Lipinski definition) is 1. The van der Waals surface area contributed by atoms with Crippen LogP contribution in [0, 0.1) is 13.8 Å². The highest BCUT2D eigenvalue weighted by Gasteiger charge is 2.30. The second-order valence-electron chi connectivity index (χ2n) is 6.99. The van der Waals surface area contributed by atoms with E-state index in [1.807, 2.05) is 32.0 Å². The summed E-state index contributed by atoms with van der Waals surface area (Å²) in [6.07, 6.45) is -1.99. The van der Waals surface area contributed by atoms with E-state index in [0.29, 0.717) is 0 Å². The zero-order valence-corrected chi connectivity index (χ0v) is 16.4. The lowest BCUT2D eigenvalue weighted by Gasteiger charge is -2.11. The molecule has 4 aromatic rings. The molecule has 30 heavy (non-hydrogen) atoms. The molecule has 0 radical (unpaired) electrons. The first-order valence-electron chi connectivity index (χ1n) is 9.33. The number of alkyl halides is 3. The predicted molar refractivity (Wildman–Crippen MR) is 113 cm³/mol. The Kier molecular flexibility index (Phi) is 5.03. The van der Waals surface area contributed by atoms with E-state index in [0.717, 1.165) is 40.3 Å². The summed E-state index contributed by atoms with van der Waals surface area (Å²) < 4.78 is 40.0. The molecule has 0 unspecified atom stereocenters. The summed E-state index contributed by atoms with van der Waals surface area (Å²) in [5.74, 6) is 0.239. The van der Waals surface area contributed by atoms with Gasteiger partial charge in [0, 0.05) is 28.8 Å². The number of rotatable bonds is 4. The van der Waals surface area contributed by atoms with Gasteiger partial charge in [-0.25, -0.2) is 4.98 Å². The van der Waals surface area contributed by atoms with Crippen molar-refractivity contribution in [3.8, 4) is 5.69 Å². The van der Waals surface area contributed by atoms with Crippen LogP contribution in [0.3, 0.4) is 0 Å². The minimum absolute atomic E-state index is 0.239. The Morgan fingerprint density at radius 3 is 2.43 bits per heavy atom. The predicted octanol–water partition coefficient (Wildman–Crippen LogP) is 6.11. The summed E-state index contributed by atoms with van der Waals surface area (Å²) in [5.41, 5.74) is 5.90. The Balaban J connectivity index is 1.56. The van der Waals surface area contributed by atoms with Crippen molar-refractivity contribution in [3.63, 3.8) is 0 Å². The van der Waals surface area contributed by atoms with Crippen LogP contribution in [0.2, 0.25) is 0 Å². The average molecular weight is 408 g/mol. The molecule has 0 saturated heterocycles. The van der Waals surface area contributed by atoms with Gasteiger partial charge in [-0.1, -0.05) is 30.3 Å². The number of aryl methyl sites for hydroxylation is 1. The molecule has 0 saturated carbocycles. The van der Waals surface area contributed by atoms with Crippen molar-refractivity contribution in [2.24, 2.45) is 5.10 Å². The fourth-order valence-electron chi connectivity index (χ4n) is 3.43. The van der Waals surface area contributed by atoms with Crippen LogP contribution in [0.25, 0.3) is 16.5 Å². The SMILES string of the molecule is Cc1cc(/C=N\Nc2ccc(C(F)(F)F)cn2)c(C)n1-c1ccc2ccccc2c1. The van der Waals surface area contributed by atoms with Gasteiger partial charge in [-0.05, 0) is 55.0 Å². The van der Waals surface area contributed by atoms with Gasteiger partial charge in [-0.15, -0.1) is 0 Å². The highest BCUT2D eigenvalue weighted by Crippen LogP contribution is 2.29. The Labute approximate surface area is 171 Å². The van der Waals surface area contributed by atoms with Crippen molar-refractivity contribution in [2.45, 2.75) is 20.0 Å². The molecule has 1 N–H and O–H groups in total. The molecular formula is C23H19F3N4. The molecule has 0 bridgehead atoms. The molecule has 0 aliphatic carbocycles. The lowest BCUT2D eigenvalue weighted by atomic mass is 10.1. The third-order valence-corrected chi connectivity index (χ3v) is 4.94. The van der Waals surface area contributed by atoms with Crippen LogP contribution in [-0.2, 0) is 6.18 Å². The quantitative estimate of drug-likeness (QED) is 0.327. The Bertz CT molecular complexity index is 1220. The van der Waals surface area contributed by atoms with E-state index in [4.69, 9.17) is 0 Å². The number of halogens is 3. The maximum Gasteiger partial charge on any atom is 0.417 e. The zero-order valence-electron chi connectivity index (χ0n) is 16.4. The molecule has 7 heteroatoms. The summed E-state index contributed by atoms with van der Waals surface area (Å²) in [5, 5.41) is 6.47. The van der Waals surface area contributed by atoms with Crippen LogP contribution in [0.15, 0.2) is 72.0 Å². The van der Waals surface area contributed by atoms with Crippen LogP contribution in [0.4, 0.5) is 19.0 Å². The second-order valence-corrected chi connectivity index (χ2v) is 6.99. The van der Waals surface area contributed by atoms with E-state index >= 15 is 0 Å². The maximum absolute atomic E-state index is 12.6. The summed E-state index contributed by atoms with van der Waals surface area (Å²) in [7, 11) is 0. The fourth-order valence-corrected chi connectivity index (χ4v) is 3.43. The highest BCUT2D eigenvalue weighted by atomic mass is 19.4. The molecular weight excluding hydrogens is 389 g/mol. The van der Waals surface area contributed by atoms with E-state index < -0.39 is 11.7 Å². The maximum atomic E-state index is 12.6. The standard InChI is InChI=1S/C23H19F3N4/c1-15-11-19(13-28-29-22-10-8-20(14-27-22)23(24,25)26)16(2)30(15)21-9-7-17-5-3-4-6-18(17)12-21/h3-14H,1-2H3,(H,27,29)/b28-13-. The number of nitrogens with zero attached hydrogens (tertiary/aromatic N) is 3. The molecule has 0 atom stereocenters. The first-order valence-corrected chi connectivity index (χ1v) is 9.33. The molecule has 0 spiro atoms. The molecule has 4 rings (SSSR count). The molecule has 0 amide bonds. The van der Waals surface area contributed by atoms with E-state index in [1.54, 1.807) is 6.21 Å². The third-order valence-electron chi connectivity index (χ3n) is 4.94. The van der Waals surface area contributed by atoms with Gasteiger partial charge in [0.25, 0.3) is 0 Å². The Hall–Kier alpha value is -3.61. The van der Waals surface area contributed by atoms with Crippen LogP contribution in [-0.4, -0.2) is 15.8 Å². The van der Waals surface area contributed by atoms with Crippen molar-refractivity contribution in [1.82, 2.24) is 9.55 Å². The molecule has 2 aromatic carbocycles. The first kappa shape index (κ1) is 19.7. The van der Waals surface area contributed by atoms with Crippen molar-refractivity contribution in [1.29, 1.82) is 0 Å². The van der Waals surface area contributed by atoms with Crippen molar-refractivity contribution in [2.75, 3.05) is 5.43 Å². The van der Waals surface area contributed by atoms with Crippen molar-refractivity contribution < 1.29 is 13.2 Å². The van der Waals surface area contributed by atoms with Gasteiger partial charge in [0.2, 0.25) is 0 Å². The third kappa shape index (κ3) is 3.91. The minimum Gasteiger partial charge on any atom is -0.318 e. The van der Waals surface area contributed by atoms with Gasteiger partial charge in [0.15, 0.2) is 0 Å². The Morgan fingerprint density at radius 1 is 0.967 bits per heavy atom.